The molecule has 1 radical (unpaired) electrons. The number of carbonyl (C=O) groups excluding carboxylic acids is 2. The van der Waals surface area contributed by atoms with Gasteiger partial charge in [0.05, 0.1) is 0 Å². The molecular weight excluding hydrogens is 296 g/mol. The zero-order chi connectivity index (χ0) is 13.4. The second-order valence-electron chi connectivity index (χ2n) is 3.38. The molecule has 0 aliphatic heterocycles. The molecule has 0 unspecified atom stereocenters. The molecule has 0 bridgehead atoms. The standard InChI is InChI=1S/2C7H6O2.Cu/c2*8-5-6-3-1-2-4-7(6)9;/h2*1-5,9H;/p+2. The zero-order valence-corrected chi connectivity index (χ0v) is 10.8. The van der Waals surface area contributed by atoms with Crippen molar-refractivity contribution >= 4 is 12.6 Å². The van der Waals surface area contributed by atoms with Crippen LogP contribution in [-0.4, -0.2) is 32.4 Å². The summed E-state index contributed by atoms with van der Waals surface area (Å²) < 4.78 is 0. The van der Waals surface area contributed by atoms with Gasteiger partial charge in [-0.2, -0.15) is 0 Å². The van der Waals surface area contributed by atoms with Crippen LogP contribution in [0.15, 0.2) is 48.5 Å². The normalized spacial score (nSPS) is 8.42. The monoisotopic (exact) mass is 309 g/mol. The molecule has 0 aliphatic rings. The van der Waals surface area contributed by atoms with Gasteiger partial charge >= 0.3 is 12.6 Å². The maximum absolute atomic E-state index is 8.92. The molecule has 0 saturated heterocycles. The van der Waals surface area contributed by atoms with Crippen LogP contribution in [-0.2, 0) is 17.1 Å². The smallest absolute Gasteiger partial charge is 0.316 e. The summed E-state index contributed by atoms with van der Waals surface area (Å²) in [7, 11) is 0. The van der Waals surface area contributed by atoms with Gasteiger partial charge in [0.15, 0.2) is 0 Å². The molecule has 103 valence electrons. The Morgan fingerprint density at radius 1 is 0.684 bits per heavy atom. The minimum Gasteiger partial charge on any atom is -0.507 e. The molecule has 5 heteroatoms. The Labute approximate surface area is 121 Å². The van der Waals surface area contributed by atoms with Gasteiger partial charge in [-0.15, -0.1) is 0 Å². The summed E-state index contributed by atoms with van der Waals surface area (Å²) in [5, 5.41) is 17.8. The van der Waals surface area contributed by atoms with E-state index >= 15 is 0 Å². The van der Waals surface area contributed by atoms with Gasteiger partial charge < -0.3 is 10.2 Å². The third kappa shape index (κ3) is 5.38. The molecule has 2 aromatic carbocycles. The fourth-order valence-corrected chi connectivity index (χ4v) is 1.19. The molecule has 0 aliphatic carbocycles. The number of rotatable bonds is 2. The van der Waals surface area contributed by atoms with E-state index < -0.39 is 0 Å². The van der Waals surface area contributed by atoms with Gasteiger partial charge in [-0.3, -0.25) is 9.59 Å². The summed E-state index contributed by atoms with van der Waals surface area (Å²) in [6, 6.07) is 13.1. The maximum Gasteiger partial charge on any atom is 0.316 e. The Bertz CT molecular complexity index is 491. The second-order valence-corrected chi connectivity index (χ2v) is 3.38. The number of aldehydes is 2. The van der Waals surface area contributed by atoms with Gasteiger partial charge in [-0.1, -0.05) is 24.3 Å². The van der Waals surface area contributed by atoms with Crippen LogP contribution in [0.1, 0.15) is 11.1 Å². The van der Waals surface area contributed by atoms with Crippen molar-refractivity contribution in [3.63, 3.8) is 0 Å². The van der Waals surface area contributed by atoms with E-state index in [-0.39, 0.29) is 28.6 Å². The Hall–Kier alpha value is -2.10. The minimum absolute atomic E-state index is 0. The number of benzene rings is 2. The molecule has 0 saturated carbocycles. The van der Waals surface area contributed by atoms with E-state index in [1.54, 1.807) is 36.4 Å². The number of hydrogen-bond acceptors (Lipinski definition) is 2. The van der Waals surface area contributed by atoms with Crippen molar-refractivity contribution < 1.29 is 36.9 Å². The SMILES string of the molecule is Oc1ccccc1C=[OH+].Oc1ccccc1C=[OH+].[Cu]. The van der Waals surface area contributed by atoms with E-state index in [9.17, 15) is 0 Å². The zero-order valence-electron chi connectivity index (χ0n) is 9.86. The Balaban J connectivity index is 0.000000324. The van der Waals surface area contributed by atoms with Crippen molar-refractivity contribution in [2.75, 3.05) is 0 Å². The van der Waals surface area contributed by atoms with Gasteiger partial charge in [-0.05, 0) is 24.3 Å². The molecule has 4 nitrogen and oxygen atoms in total. The Morgan fingerprint density at radius 2 is 1.00 bits per heavy atom. The van der Waals surface area contributed by atoms with Crippen LogP contribution >= 0.6 is 0 Å². The molecule has 0 heterocycles. The van der Waals surface area contributed by atoms with Gasteiger partial charge in [0.25, 0.3) is 0 Å². The fraction of sp³-hybridized carbons (Fsp3) is 0. The average molecular weight is 310 g/mol. The first kappa shape index (κ1) is 16.9. The molecule has 2 rings (SSSR count). The average Bonchev–Trinajstić information content (AvgIpc) is 2.41. The first-order valence-electron chi connectivity index (χ1n) is 5.20. The van der Waals surface area contributed by atoms with Crippen molar-refractivity contribution in [3.05, 3.63) is 59.7 Å². The molecule has 0 aromatic heterocycles. The Morgan fingerprint density at radius 3 is 1.21 bits per heavy atom. The van der Waals surface area contributed by atoms with Crippen LogP contribution in [0.25, 0.3) is 0 Å². The molecule has 2 aromatic rings. The predicted octanol–water partition coefficient (Wildman–Crippen LogP) is 1.83. The summed E-state index contributed by atoms with van der Waals surface area (Å²) in [6.07, 6.45) is 1.74. The number of phenols is 2. The maximum atomic E-state index is 8.92. The van der Waals surface area contributed by atoms with Gasteiger partial charge in [-0.25, -0.2) is 0 Å². The number of para-hydroxylation sites is 2. The van der Waals surface area contributed by atoms with Crippen LogP contribution < -0.4 is 0 Å². The summed E-state index contributed by atoms with van der Waals surface area (Å²) in [5.41, 5.74) is 0.884. The predicted molar refractivity (Wildman–Crippen MR) is 70.4 cm³/mol. The van der Waals surface area contributed by atoms with E-state index in [2.05, 4.69) is 0 Å². The van der Waals surface area contributed by atoms with Gasteiger partial charge in [0.1, 0.15) is 22.6 Å². The van der Waals surface area contributed by atoms with Gasteiger partial charge in [0.2, 0.25) is 0 Å². The minimum atomic E-state index is 0. The van der Waals surface area contributed by atoms with Crippen molar-refractivity contribution in [1.29, 1.82) is 0 Å². The van der Waals surface area contributed by atoms with Crippen molar-refractivity contribution in [3.8, 4) is 11.5 Å². The quantitative estimate of drug-likeness (QED) is 0.504. The molecule has 0 amide bonds. The van der Waals surface area contributed by atoms with Gasteiger partial charge in [0, 0.05) is 17.1 Å². The summed E-state index contributed by atoms with van der Waals surface area (Å²) in [4.78, 5) is 16.9. The van der Waals surface area contributed by atoms with E-state index in [1.165, 1.54) is 12.1 Å². The third-order valence-corrected chi connectivity index (χ3v) is 2.15. The Kier molecular flexibility index (Phi) is 7.93. The van der Waals surface area contributed by atoms with E-state index in [0.29, 0.717) is 11.1 Å². The molecule has 4 N–H and O–H groups in total. The van der Waals surface area contributed by atoms with E-state index in [4.69, 9.17) is 19.8 Å². The molecule has 0 spiro atoms. The van der Waals surface area contributed by atoms with E-state index in [0.717, 1.165) is 12.6 Å². The topological polar surface area (TPSA) is 83.3 Å². The third-order valence-electron chi connectivity index (χ3n) is 2.15. The summed E-state index contributed by atoms with van der Waals surface area (Å²) >= 11 is 0. The fourth-order valence-electron chi connectivity index (χ4n) is 1.19. The van der Waals surface area contributed by atoms with Crippen molar-refractivity contribution in [2.45, 2.75) is 0 Å². The largest absolute Gasteiger partial charge is 0.507 e. The van der Waals surface area contributed by atoms with Crippen LogP contribution in [0.5, 0.6) is 11.5 Å². The molecule has 0 fully saturated rings. The van der Waals surface area contributed by atoms with Crippen LogP contribution in [0.3, 0.4) is 0 Å². The van der Waals surface area contributed by atoms with Crippen LogP contribution in [0.4, 0.5) is 0 Å². The second kappa shape index (κ2) is 8.91. The van der Waals surface area contributed by atoms with E-state index in [1.807, 2.05) is 0 Å². The first-order valence-corrected chi connectivity index (χ1v) is 5.20. The molecular formula is C14H14CuO4+2. The van der Waals surface area contributed by atoms with Crippen LogP contribution in [0.2, 0.25) is 0 Å². The van der Waals surface area contributed by atoms with Crippen molar-refractivity contribution in [1.82, 2.24) is 0 Å². The van der Waals surface area contributed by atoms with Crippen LogP contribution in [0, 0.1) is 0 Å². The first-order chi connectivity index (χ1) is 8.69. The van der Waals surface area contributed by atoms with Crippen molar-refractivity contribution in [2.24, 2.45) is 0 Å². The number of hydrogen-bond donors (Lipinski definition) is 2. The summed E-state index contributed by atoms with van der Waals surface area (Å²) in [6.45, 7) is 0. The number of aromatic hydroxyl groups is 2. The molecule has 19 heavy (non-hydrogen) atoms. The number of phenolic OH excluding ortho intramolecular Hbond substituents is 2. The molecule has 0 atom stereocenters. The summed E-state index contributed by atoms with van der Waals surface area (Å²) in [5.74, 6) is 0.194.